The molecule has 3 unspecified atom stereocenters. The van der Waals surface area contributed by atoms with E-state index in [9.17, 15) is 5.11 Å². The van der Waals surface area contributed by atoms with Crippen LogP contribution in [0.3, 0.4) is 0 Å². The van der Waals surface area contributed by atoms with Crippen LogP contribution in [0.1, 0.15) is 30.0 Å². The molecule has 0 bridgehead atoms. The molecule has 3 aromatic rings. The van der Waals surface area contributed by atoms with Crippen molar-refractivity contribution in [1.29, 1.82) is 0 Å². The number of rotatable bonds is 9. The van der Waals surface area contributed by atoms with Gasteiger partial charge in [0.15, 0.2) is 0 Å². The molecule has 168 valence electrons. The Morgan fingerprint density at radius 2 is 0.969 bits per heavy atom. The molecule has 0 amide bonds. The molecule has 1 aliphatic carbocycles. The zero-order chi connectivity index (χ0) is 22.2. The number of benzene rings is 3. The highest BCUT2D eigenvalue weighted by Gasteiger charge is 2.45. The van der Waals surface area contributed by atoms with Crippen molar-refractivity contribution in [2.45, 2.75) is 57.6 Å². The lowest BCUT2D eigenvalue weighted by molar-refractivity contribution is -0.216. The summed E-state index contributed by atoms with van der Waals surface area (Å²) in [6, 6.07) is 30.3. The molecule has 0 spiro atoms. The van der Waals surface area contributed by atoms with Crippen molar-refractivity contribution in [3.8, 4) is 0 Å². The van der Waals surface area contributed by atoms with Gasteiger partial charge in [0.2, 0.25) is 0 Å². The number of ether oxygens (including phenoxy) is 3. The first-order chi connectivity index (χ1) is 15.7. The van der Waals surface area contributed by atoms with Gasteiger partial charge in [-0.2, -0.15) is 0 Å². The highest BCUT2D eigenvalue weighted by atomic mass is 16.6. The Morgan fingerprint density at radius 1 is 0.594 bits per heavy atom. The molecular weight excluding hydrogens is 400 g/mol. The second-order valence-electron chi connectivity index (χ2n) is 8.56. The zero-order valence-corrected chi connectivity index (χ0v) is 18.5. The van der Waals surface area contributed by atoms with Crippen LogP contribution in [0.25, 0.3) is 0 Å². The third-order valence-corrected chi connectivity index (χ3v) is 6.06. The second kappa shape index (κ2) is 11.4. The van der Waals surface area contributed by atoms with Gasteiger partial charge in [0.05, 0.1) is 32.0 Å². The predicted octanol–water partition coefficient (Wildman–Crippen LogP) is 5.14. The topological polar surface area (TPSA) is 47.9 Å². The van der Waals surface area contributed by atoms with E-state index in [1.54, 1.807) is 0 Å². The predicted molar refractivity (Wildman–Crippen MR) is 125 cm³/mol. The summed E-state index contributed by atoms with van der Waals surface area (Å²) in [5, 5.41) is 10.9. The van der Waals surface area contributed by atoms with E-state index in [4.69, 9.17) is 14.2 Å². The van der Waals surface area contributed by atoms with Crippen LogP contribution >= 0.6 is 0 Å². The molecule has 0 aliphatic heterocycles. The lowest BCUT2D eigenvalue weighted by Crippen LogP contribution is -2.56. The van der Waals surface area contributed by atoms with Gasteiger partial charge in [-0.3, -0.25) is 0 Å². The largest absolute Gasteiger partial charge is 0.390 e. The maximum absolute atomic E-state index is 10.9. The molecule has 0 radical (unpaired) electrons. The normalized spacial score (nSPS) is 25.5. The summed E-state index contributed by atoms with van der Waals surface area (Å²) in [7, 11) is 0. The van der Waals surface area contributed by atoms with Crippen LogP contribution in [0.5, 0.6) is 0 Å². The van der Waals surface area contributed by atoms with E-state index in [-0.39, 0.29) is 18.1 Å². The summed E-state index contributed by atoms with van der Waals surface area (Å²) in [6.07, 6.45) is -1.00. The maximum Gasteiger partial charge on any atom is 0.113 e. The van der Waals surface area contributed by atoms with Crippen molar-refractivity contribution in [3.63, 3.8) is 0 Å². The van der Waals surface area contributed by atoms with Gasteiger partial charge in [0.1, 0.15) is 12.2 Å². The standard InChI is InChI=1S/C28H32O4/c1-21-17-25(29)27(31-19-23-13-7-3-8-14-23)28(32-20-24-15-9-4-10-16-24)26(21)30-18-22-11-5-2-6-12-22/h2-16,21,25-29H,17-20H2,1H3/t21?,25-,26+,27?,28?/m0/s1. The third kappa shape index (κ3) is 6.05. The monoisotopic (exact) mass is 432 g/mol. The minimum Gasteiger partial charge on any atom is -0.390 e. The van der Waals surface area contributed by atoms with Gasteiger partial charge in [0.25, 0.3) is 0 Å². The highest BCUT2D eigenvalue weighted by molar-refractivity contribution is 5.15. The zero-order valence-electron chi connectivity index (χ0n) is 18.5. The van der Waals surface area contributed by atoms with Crippen LogP contribution in [0.15, 0.2) is 91.0 Å². The molecule has 4 nitrogen and oxygen atoms in total. The molecule has 0 saturated heterocycles. The van der Waals surface area contributed by atoms with Gasteiger partial charge in [0, 0.05) is 0 Å². The highest BCUT2D eigenvalue weighted by Crippen LogP contribution is 2.33. The number of aliphatic hydroxyl groups is 1. The van der Waals surface area contributed by atoms with Crippen molar-refractivity contribution in [2.75, 3.05) is 0 Å². The molecule has 0 aromatic heterocycles. The lowest BCUT2D eigenvalue weighted by Gasteiger charge is -2.43. The van der Waals surface area contributed by atoms with Crippen LogP contribution in [0, 0.1) is 5.92 Å². The van der Waals surface area contributed by atoms with Gasteiger partial charge in [-0.15, -0.1) is 0 Å². The van der Waals surface area contributed by atoms with Gasteiger partial charge >= 0.3 is 0 Å². The fourth-order valence-corrected chi connectivity index (χ4v) is 4.33. The average Bonchev–Trinajstić information content (AvgIpc) is 2.83. The summed E-state index contributed by atoms with van der Waals surface area (Å²) in [5.74, 6) is 0.145. The van der Waals surface area contributed by atoms with Crippen molar-refractivity contribution in [2.24, 2.45) is 5.92 Å². The van der Waals surface area contributed by atoms with E-state index in [1.165, 1.54) is 0 Å². The van der Waals surface area contributed by atoms with Crippen molar-refractivity contribution < 1.29 is 19.3 Å². The molecule has 1 aliphatic rings. The van der Waals surface area contributed by atoms with Crippen LogP contribution in [0.4, 0.5) is 0 Å². The molecular formula is C28H32O4. The summed E-state index contributed by atoms with van der Waals surface area (Å²) in [6.45, 7) is 3.49. The van der Waals surface area contributed by atoms with Gasteiger partial charge in [-0.25, -0.2) is 0 Å². The minimum absolute atomic E-state index is 0.145. The number of aliphatic hydroxyl groups excluding tert-OH is 1. The molecule has 1 saturated carbocycles. The van der Waals surface area contributed by atoms with E-state index in [1.807, 2.05) is 78.9 Å². The first-order valence-corrected chi connectivity index (χ1v) is 11.4. The molecule has 4 heteroatoms. The number of hydrogen-bond donors (Lipinski definition) is 1. The fourth-order valence-electron chi connectivity index (χ4n) is 4.33. The van der Waals surface area contributed by atoms with Gasteiger partial charge in [-0.1, -0.05) is 97.9 Å². The van der Waals surface area contributed by atoms with Crippen LogP contribution < -0.4 is 0 Å². The Morgan fingerprint density at radius 3 is 1.41 bits per heavy atom. The molecule has 1 fully saturated rings. The molecule has 3 aromatic carbocycles. The number of hydrogen-bond acceptors (Lipinski definition) is 4. The summed E-state index contributed by atoms with van der Waals surface area (Å²) in [5.41, 5.74) is 3.28. The molecule has 4 rings (SSSR count). The third-order valence-electron chi connectivity index (χ3n) is 6.06. The smallest absolute Gasteiger partial charge is 0.113 e. The fraction of sp³-hybridized carbons (Fsp3) is 0.357. The Labute approximate surface area is 190 Å². The van der Waals surface area contributed by atoms with Gasteiger partial charge in [-0.05, 0) is 29.0 Å². The molecule has 1 N–H and O–H groups in total. The molecule has 0 heterocycles. The van der Waals surface area contributed by atoms with E-state index in [2.05, 4.69) is 19.1 Å². The Hall–Kier alpha value is -2.50. The van der Waals surface area contributed by atoms with Crippen LogP contribution in [-0.2, 0) is 34.0 Å². The lowest BCUT2D eigenvalue weighted by atomic mass is 9.81. The van der Waals surface area contributed by atoms with Crippen molar-refractivity contribution >= 4 is 0 Å². The summed E-state index contributed by atoms with van der Waals surface area (Å²) in [4.78, 5) is 0. The van der Waals surface area contributed by atoms with E-state index < -0.39 is 12.2 Å². The summed E-state index contributed by atoms with van der Waals surface area (Å²) >= 11 is 0. The molecule has 32 heavy (non-hydrogen) atoms. The SMILES string of the molecule is CC1C[C@H](O)C(OCc2ccccc2)C(OCc2ccccc2)[C@@H]1OCc1ccccc1. The van der Waals surface area contributed by atoms with Gasteiger partial charge < -0.3 is 19.3 Å². The first-order valence-electron chi connectivity index (χ1n) is 11.4. The average molecular weight is 433 g/mol. The second-order valence-corrected chi connectivity index (χ2v) is 8.56. The van der Waals surface area contributed by atoms with Crippen molar-refractivity contribution in [1.82, 2.24) is 0 Å². The first kappa shape index (κ1) is 22.7. The Bertz CT molecular complexity index is 860. The summed E-state index contributed by atoms with van der Waals surface area (Å²) < 4.78 is 19.1. The van der Waals surface area contributed by atoms with E-state index in [0.717, 1.165) is 16.7 Å². The van der Waals surface area contributed by atoms with Crippen molar-refractivity contribution in [3.05, 3.63) is 108 Å². The Balaban J connectivity index is 1.50. The minimum atomic E-state index is -0.605. The van der Waals surface area contributed by atoms with Crippen LogP contribution in [-0.4, -0.2) is 29.5 Å². The maximum atomic E-state index is 10.9. The molecule has 5 atom stereocenters. The van der Waals surface area contributed by atoms with E-state index in [0.29, 0.717) is 26.2 Å². The van der Waals surface area contributed by atoms with E-state index >= 15 is 0 Å². The Kier molecular flexibility index (Phi) is 8.07. The van der Waals surface area contributed by atoms with Crippen LogP contribution in [0.2, 0.25) is 0 Å². The quantitative estimate of drug-likeness (QED) is 0.508.